The van der Waals surface area contributed by atoms with Gasteiger partial charge in [-0.15, -0.1) is 5.10 Å². The Morgan fingerprint density at radius 1 is 1.58 bits per heavy atom. The molecular weight excluding hydrogens is 383 g/mol. The van der Waals surface area contributed by atoms with Gasteiger partial charge in [0.05, 0.1) is 12.1 Å². The molecule has 0 spiro atoms. The molecule has 1 aromatic heterocycles. The number of carbonyl (C=O) groups excluding carboxylic acids is 1. The SMILES string of the molecule is COc1ccc(NC(=O)Cn2cnc(I)n2)cc1Cl. The predicted octanol–water partition coefficient (Wildman–Crippen LogP) is 2.18. The lowest BCUT2D eigenvalue weighted by molar-refractivity contribution is -0.116. The largest absolute Gasteiger partial charge is 0.495 e. The number of carbonyl (C=O) groups is 1. The van der Waals surface area contributed by atoms with Crippen LogP contribution in [0.3, 0.4) is 0 Å². The molecule has 8 heteroatoms. The molecule has 0 saturated heterocycles. The average molecular weight is 393 g/mol. The molecule has 2 rings (SSSR count). The summed E-state index contributed by atoms with van der Waals surface area (Å²) in [6.45, 7) is 0.0969. The molecule has 0 atom stereocenters. The van der Waals surface area contributed by atoms with Gasteiger partial charge in [0.25, 0.3) is 0 Å². The highest BCUT2D eigenvalue weighted by molar-refractivity contribution is 14.1. The lowest BCUT2D eigenvalue weighted by atomic mass is 10.3. The van der Waals surface area contributed by atoms with Gasteiger partial charge in [-0.05, 0) is 18.2 Å². The normalized spacial score (nSPS) is 10.3. The van der Waals surface area contributed by atoms with E-state index in [0.29, 0.717) is 20.3 Å². The number of hydrogen-bond donors (Lipinski definition) is 1. The Morgan fingerprint density at radius 3 is 2.95 bits per heavy atom. The second-order valence-corrected chi connectivity index (χ2v) is 4.98. The van der Waals surface area contributed by atoms with Crippen molar-refractivity contribution in [3.05, 3.63) is 33.4 Å². The quantitative estimate of drug-likeness (QED) is 0.810. The van der Waals surface area contributed by atoms with Crippen LogP contribution in [0, 0.1) is 3.83 Å². The Kier molecular flexibility index (Phi) is 4.59. The molecule has 100 valence electrons. The Labute approximate surface area is 128 Å². The fourth-order valence-electron chi connectivity index (χ4n) is 1.44. The maximum absolute atomic E-state index is 11.8. The van der Waals surface area contributed by atoms with Crippen molar-refractivity contribution in [2.45, 2.75) is 6.54 Å². The van der Waals surface area contributed by atoms with Crippen molar-refractivity contribution >= 4 is 45.8 Å². The summed E-state index contributed by atoms with van der Waals surface area (Å²) >= 11 is 7.95. The van der Waals surface area contributed by atoms with E-state index in [2.05, 4.69) is 15.4 Å². The summed E-state index contributed by atoms with van der Waals surface area (Å²) < 4.78 is 7.09. The second-order valence-electron chi connectivity index (χ2n) is 3.61. The van der Waals surface area contributed by atoms with Crippen LogP contribution in [0.15, 0.2) is 24.5 Å². The van der Waals surface area contributed by atoms with Gasteiger partial charge in [0, 0.05) is 28.3 Å². The first kappa shape index (κ1) is 14.1. The molecule has 0 aliphatic carbocycles. The number of benzene rings is 1. The number of anilines is 1. The third-order valence-corrected chi connectivity index (χ3v) is 3.04. The van der Waals surface area contributed by atoms with Crippen LogP contribution in [0.2, 0.25) is 5.02 Å². The second kappa shape index (κ2) is 6.20. The molecular formula is C11H10ClIN4O2. The number of nitrogens with one attached hydrogen (secondary N) is 1. The molecule has 0 unspecified atom stereocenters. The van der Waals surface area contributed by atoms with Crippen LogP contribution in [0.4, 0.5) is 5.69 Å². The first-order valence-electron chi connectivity index (χ1n) is 5.27. The molecule has 6 nitrogen and oxygen atoms in total. The van der Waals surface area contributed by atoms with Crippen LogP contribution >= 0.6 is 34.2 Å². The first-order valence-corrected chi connectivity index (χ1v) is 6.72. The van der Waals surface area contributed by atoms with Crippen molar-refractivity contribution < 1.29 is 9.53 Å². The summed E-state index contributed by atoms with van der Waals surface area (Å²) in [7, 11) is 1.53. The van der Waals surface area contributed by atoms with Crippen molar-refractivity contribution in [3.8, 4) is 5.75 Å². The Hall–Kier alpha value is -1.35. The fraction of sp³-hybridized carbons (Fsp3) is 0.182. The van der Waals surface area contributed by atoms with Crippen LogP contribution in [0.25, 0.3) is 0 Å². The molecule has 0 radical (unpaired) electrons. The highest BCUT2D eigenvalue weighted by atomic mass is 127. The lowest BCUT2D eigenvalue weighted by Gasteiger charge is -2.07. The third kappa shape index (κ3) is 3.80. The molecule has 0 aliphatic heterocycles. The molecule has 19 heavy (non-hydrogen) atoms. The molecule has 0 fully saturated rings. The highest BCUT2D eigenvalue weighted by Crippen LogP contribution is 2.27. The van der Waals surface area contributed by atoms with Crippen LogP contribution in [-0.4, -0.2) is 27.8 Å². The number of amides is 1. The maximum Gasteiger partial charge on any atom is 0.246 e. The minimum Gasteiger partial charge on any atom is -0.495 e. The van der Waals surface area contributed by atoms with E-state index in [4.69, 9.17) is 16.3 Å². The summed E-state index contributed by atoms with van der Waals surface area (Å²) in [6.07, 6.45) is 1.50. The van der Waals surface area contributed by atoms with Gasteiger partial charge in [0.15, 0.2) is 0 Å². The zero-order chi connectivity index (χ0) is 13.8. The first-order chi connectivity index (χ1) is 9.08. The lowest BCUT2D eigenvalue weighted by Crippen LogP contribution is -2.19. The number of aromatic nitrogens is 3. The minimum absolute atomic E-state index is 0.0969. The molecule has 1 N–H and O–H groups in total. The maximum atomic E-state index is 11.8. The monoisotopic (exact) mass is 392 g/mol. The Morgan fingerprint density at radius 2 is 2.37 bits per heavy atom. The summed E-state index contributed by atoms with van der Waals surface area (Å²) in [4.78, 5) is 15.7. The van der Waals surface area contributed by atoms with Crippen LogP contribution in [-0.2, 0) is 11.3 Å². The summed E-state index contributed by atoms with van der Waals surface area (Å²) in [5, 5.41) is 7.18. The van der Waals surface area contributed by atoms with E-state index < -0.39 is 0 Å². The van der Waals surface area contributed by atoms with Crippen LogP contribution < -0.4 is 10.1 Å². The molecule has 1 aromatic carbocycles. The van der Waals surface area contributed by atoms with Gasteiger partial charge in [0.1, 0.15) is 18.6 Å². The van der Waals surface area contributed by atoms with Gasteiger partial charge in [0.2, 0.25) is 9.74 Å². The number of halogens is 2. The van der Waals surface area contributed by atoms with E-state index >= 15 is 0 Å². The Balaban J connectivity index is 2.00. The summed E-state index contributed by atoms with van der Waals surface area (Å²) in [5.41, 5.74) is 0.602. The highest BCUT2D eigenvalue weighted by Gasteiger charge is 2.07. The average Bonchev–Trinajstić information content (AvgIpc) is 2.74. The van der Waals surface area contributed by atoms with E-state index in [1.807, 2.05) is 22.6 Å². The smallest absolute Gasteiger partial charge is 0.246 e. The van der Waals surface area contributed by atoms with Gasteiger partial charge >= 0.3 is 0 Å². The van der Waals surface area contributed by atoms with E-state index in [0.717, 1.165) is 0 Å². The number of hydrogen-bond acceptors (Lipinski definition) is 4. The molecule has 0 aliphatic rings. The molecule has 1 heterocycles. The van der Waals surface area contributed by atoms with Crippen molar-refractivity contribution in [1.82, 2.24) is 14.8 Å². The van der Waals surface area contributed by atoms with E-state index in [9.17, 15) is 4.79 Å². The van der Waals surface area contributed by atoms with Crippen molar-refractivity contribution in [1.29, 1.82) is 0 Å². The van der Waals surface area contributed by atoms with E-state index in [1.165, 1.54) is 18.1 Å². The molecule has 2 aromatic rings. The number of ether oxygens (including phenoxy) is 1. The number of nitrogens with zero attached hydrogens (tertiary/aromatic N) is 3. The zero-order valence-electron chi connectivity index (χ0n) is 9.93. The van der Waals surface area contributed by atoms with Crippen molar-refractivity contribution in [3.63, 3.8) is 0 Å². The number of rotatable bonds is 4. The summed E-state index contributed by atoms with van der Waals surface area (Å²) in [5.74, 6) is 0.355. The predicted molar refractivity (Wildman–Crippen MR) is 79.4 cm³/mol. The van der Waals surface area contributed by atoms with Crippen LogP contribution in [0.1, 0.15) is 0 Å². The zero-order valence-corrected chi connectivity index (χ0v) is 12.8. The third-order valence-electron chi connectivity index (χ3n) is 2.25. The summed E-state index contributed by atoms with van der Waals surface area (Å²) in [6, 6.07) is 5.04. The Bertz CT molecular complexity index is 602. The van der Waals surface area contributed by atoms with Crippen molar-refractivity contribution in [2.75, 3.05) is 12.4 Å². The number of methoxy groups -OCH3 is 1. The molecule has 0 saturated carbocycles. The fourth-order valence-corrected chi connectivity index (χ4v) is 2.10. The topological polar surface area (TPSA) is 69.0 Å². The standard InChI is InChI=1S/C11H10ClIN4O2/c1-19-9-3-2-7(4-8(9)12)15-10(18)5-17-6-14-11(13)16-17/h2-4,6H,5H2,1H3,(H,15,18). The minimum atomic E-state index is -0.206. The van der Waals surface area contributed by atoms with Gasteiger partial charge in [-0.1, -0.05) is 11.6 Å². The van der Waals surface area contributed by atoms with Gasteiger partial charge < -0.3 is 10.1 Å². The van der Waals surface area contributed by atoms with Crippen molar-refractivity contribution in [2.24, 2.45) is 0 Å². The van der Waals surface area contributed by atoms with Crippen LogP contribution in [0.5, 0.6) is 5.75 Å². The van der Waals surface area contributed by atoms with E-state index in [-0.39, 0.29) is 12.5 Å². The van der Waals surface area contributed by atoms with Gasteiger partial charge in [-0.25, -0.2) is 9.67 Å². The van der Waals surface area contributed by atoms with Gasteiger partial charge in [-0.2, -0.15) is 0 Å². The molecule has 0 bridgehead atoms. The molecule has 1 amide bonds. The van der Waals surface area contributed by atoms with Gasteiger partial charge in [-0.3, -0.25) is 4.79 Å². The van der Waals surface area contributed by atoms with E-state index in [1.54, 1.807) is 18.2 Å².